The third-order valence-corrected chi connectivity index (χ3v) is 6.51. The maximum atomic E-state index is 13.2. The molecule has 2 aromatic rings. The van der Waals surface area contributed by atoms with E-state index in [-0.39, 0.29) is 23.1 Å². The van der Waals surface area contributed by atoms with Crippen LogP contribution in [-0.2, 0) is 14.9 Å². The second-order valence-electron chi connectivity index (χ2n) is 7.92. The highest BCUT2D eigenvalue weighted by Gasteiger charge is 2.38. The number of benzene rings is 2. The molecule has 1 unspecified atom stereocenters. The zero-order valence-corrected chi connectivity index (χ0v) is 17.2. The van der Waals surface area contributed by atoms with E-state index in [2.05, 4.69) is 5.32 Å². The van der Waals surface area contributed by atoms with Gasteiger partial charge in [-0.3, -0.25) is 9.59 Å². The van der Waals surface area contributed by atoms with Crippen LogP contribution >= 0.6 is 11.6 Å². The van der Waals surface area contributed by atoms with Gasteiger partial charge in [-0.1, -0.05) is 48.0 Å². The number of nitrogens with zero attached hydrogens (tertiary/aromatic N) is 1. The molecule has 2 aromatic carbocycles. The number of halogens is 1. The molecule has 2 aliphatic rings. The van der Waals surface area contributed by atoms with Crippen molar-refractivity contribution in [3.8, 4) is 0 Å². The second kappa shape index (κ2) is 8.17. The largest absolute Gasteiger partial charge is 0.381 e. The van der Waals surface area contributed by atoms with Crippen LogP contribution in [0.15, 0.2) is 48.5 Å². The maximum Gasteiger partial charge on any atom is 0.253 e. The molecule has 4 rings (SSSR count). The van der Waals surface area contributed by atoms with Crippen molar-refractivity contribution in [3.05, 3.63) is 70.2 Å². The predicted molar refractivity (Wildman–Crippen MR) is 112 cm³/mol. The summed E-state index contributed by atoms with van der Waals surface area (Å²) in [6.07, 6.45) is 1.60. The first kappa shape index (κ1) is 19.9. The van der Waals surface area contributed by atoms with Gasteiger partial charge in [-0.2, -0.15) is 0 Å². The number of likely N-dealkylation sites (N-methyl/N-ethyl adjacent to an activating group) is 1. The topological polar surface area (TPSA) is 58.6 Å². The van der Waals surface area contributed by atoms with Crippen LogP contribution in [0.1, 0.15) is 40.2 Å². The summed E-state index contributed by atoms with van der Waals surface area (Å²) in [5.74, 6) is -0.478. The van der Waals surface area contributed by atoms with Crippen molar-refractivity contribution in [2.24, 2.45) is 0 Å². The minimum atomic E-state index is -0.378. The summed E-state index contributed by atoms with van der Waals surface area (Å²) in [5, 5.41) is 3.89. The van der Waals surface area contributed by atoms with Crippen molar-refractivity contribution >= 4 is 23.4 Å². The number of rotatable bonds is 4. The first-order valence-electron chi connectivity index (χ1n) is 9.97. The van der Waals surface area contributed by atoms with Gasteiger partial charge in [0, 0.05) is 49.4 Å². The lowest BCUT2D eigenvalue weighted by Crippen LogP contribution is -2.48. The Labute approximate surface area is 176 Å². The Balaban J connectivity index is 1.57. The third kappa shape index (κ3) is 3.77. The van der Waals surface area contributed by atoms with Gasteiger partial charge >= 0.3 is 0 Å². The van der Waals surface area contributed by atoms with Crippen molar-refractivity contribution in [2.75, 3.05) is 33.4 Å². The fourth-order valence-electron chi connectivity index (χ4n) is 4.45. The van der Waals surface area contributed by atoms with E-state index in [1.807, 2.05) is 42.5 Å². The van der Waals surface area contributed by atoms with Crippen LogP contribution < -0.4 is 5.32 Å². The van der Waals surface area contributed by atoms with Gasteiger partial charge in [0.1, 0.15) is 0 Å². The normalized spacial score (nSPS) is 20.8. The van der Waals surface area contributed by atoms with Crippen LogP contribution in [0.4, 0.5) is 0 Å². The highest BCUT2D eigenvalue weighted by atomic mass is 35.5. The van der Waals surface area contributed by atoms with E-state index in [9.17, 15) is 9.59 Å². The third-order valence-electron chi connectivity index (χ3n) is 6.18. The molecule has 5 nitrogen and oxygen atoms in total. The quantitative estimate of drug-likeness (QED) is 0.837. The summed E-state index contributed by atoms with van der Waals surface area (Å²) in [7, 11) is 1.74. The molecule has 2 amide bonds. The summed E-state index contributed by atoms with van der Waals surface area (Å²) in [4.78, 5) is 27.2. The van der Waals surface area contributed by atoms with Crippen LogP contribution in [0.25, 0.3) is 0 Å². The first-order chi connectivity index (χ1) is 14.0. The maximum absolute atomic E-state index is 13.2. The standard InChI is InChI=1S/C23H25ClN2O3/c1-26-14-18(16-6-2-3-7-17(16)22(26)28)21(27)25-15-23(10-12-29-13-11-23)19-8-4-5-9-20(19)24/h2-9,18H,10-15H2,1H3,(H,25,27). The zero-order valence-electron chi connectivity index (χ0n) is 16.5. The van der Waals surface area contributed by atoms with Gasteiger partial charge < -0.3 is 15.0 Å². The Kier molecular flexibility index (Phi) is 5.61. The van der Waals surface area contributed by atoms with Crippen LogP contribution in [0, 0.1) is 0 Å². The van der Waals surface area contributed by atoms with Gasteiger partial charge in [-0.15, -0.1) is 0 Å². The smallest absolute Gasteiger partial charge is 0.253 e. The predicted octanol–water partition coefficient (Wildman–Crippen LogP) is 3.37. The summed E-state index contributed by atoms with van der Waals surface area (Å²) in [6.45, 7) is 2.16. The molecule has 0 saturated carbocycles. The summed E-state index contributed by atoms with van der Waals surface area (Å²) in [5.41, 5.74) is 2.21. The number of carbonyl (C=O) groups excluding carboxylic acids is 2. The van der Waals surface area contributed by atoms with Gasteiger partial charge in [0.15, 0.2) is 0 Å². The van der Waals surface area contributed by atoms with Crippen LogP contribution in [0.5, 0.6) is 0 Å². The average molecular weight is 413 g/mol. The van der Waals surface area contributed by atoms with Crippen molar-refractivity contribution in [3.63, 3.8) is 0 Å². The number of carbonyl (C=O) groups is 2. The molecule has 0 spiro atoms. The van der Waals surface area contributed by atoms with Crippen LogP contribution in [0.3, 0.4) is 0 Å². The fourth-order valence-corrected chi connectivity index (χ4v) is 4.79. The molecule has 0 radical (unpaired) electrons. The van der Waals surface area contributed by atoms with Crippen molar-refractivity contribution in [1.82, 2.24) is 10.2 Å². The van der Waals surface area contributed by atoms with E-state index in [1.165, 1.54) is 0 Å². The van der Waals surface area contributed by atoms with E-state index < -0.39 is 0 Å². The second-order valence-corrected chi connectivity index (χ2v) is 8.32. The first-order valence-corrected chi connectivity index (χ1v) is 10.3. The van der Waals surface area contributed by atoms with E-state index in [4.69, 9.17) is 16.3 Å². The van der Waals surface area contributed by atoms with Crippen molar-refractivity contribution in [2.45, 2.75) is 24.2 Å². The Morgan fingerprint density at radius 3 is 2.62 bits per heavy atom. The molecule has 1 saturated heterocycles. The molecule has 0 aliphatic carbocycles. The molecule has 1 N–H and O–H groups in total. The summed E-state index contributed by atoms with van der Waals surface area (Å²) >= 11 is 6.52. The number of fused-ring (bicyclic) bond motifs is 1. The number of amides is 2. The molecule has 1 atom stereocenters. The highest BCUT2D eigenvalue weighted by molar-refractivity contribution is 6.31. The van der Waals surface area contributed by atoms with E-state index in [0.29, 0.717) is 31.9 Å². The molecule has 29 heavy (non-hydrogen) atoms. The van der Waals surface area contributed by atoms with E-state index in [0.717, 1.165) is 29.0 Å². The number of nitrogens with one attached hydrogen (secondary N) is 1. The van der Waals surface area contributed by atoms with Gasteiger partial charge in [0.25, 0.3) is 5.91 Å². The SMILES string of the molecule is CN1CC(C(=O)NCC2(c3ccccc3Cl)CCOCC2)c2ccccc2C1=O. The van der Waals surface area contributed by atoms with Crippen LogP contribution in [0.2, 0.25) is 5.02 Å². The van der Waals surface area contributed by atoms with E-state index in [1.54, 1.807) is 18.0 Å². The van der Waals surface area contributed by atoms with Gasteiger partial charge in [0.05, 0.1) is 5.92 Å². The average Bonchev–Trinajstić information content (AvgIpc) is 2.75. The minimum Gasteiger partial charge on any atom is -0.381 e. The molecular formula is C23H25ClN2O3. The fraction of sp³-hybridized carbons (Fsp3) is 0.391. The van der Waals surface area contributed by atoms with Gasteiger partial charge in [-0.25, -0.2) is 0 Å². The Bertz CT molecular complexity index is 924. The van der Waals surface area contributed by atoms with Crippen molar-refractivity contribution in [1.29, 1.82) is 0 Å². The highest BCUT2D eigenvalue weighted by Crippen LogP contribution is 2.38. The summed E-state index contributed by atoms with van der Waals surface area (Å²) < 4.78 is 5.58. The number of ether oxygens (including phenoxy) is 1. The molecule has 1 fully saturated rings. The molecule has 152 valence electrons. The summed E-state index contributed by atoms with van der Waals surface area (Å²) in [6, 6.07) is 15.2. The molecular weight excluding hydrogens is 388 g/mol. The zero-order chi connectivity index (χ0) is 20.4. The van der Waals surface area contributed by atoms with E-state index >= 15 is 0 Å². The Morgan fingerprint density at radius 1 is 1.17 bits per heavy atom. The van der Waals surface area contributed by atoms with Crippen LogP contribution in [-0.4, -0.2) is 50.1 Å². The Morgan fingerprint density at radius 2 is 1.86 bits per heavy atom. The Hall–Kier alpha value is -2.37. The lowest BCUT2D eigenvalue weighted by molar-refractivity contribution is -0.123. The monoisotopic (exact) mass is 412 g/mol. The van der Waals surface area contributed by atoms with Gasteiger partial charge in [0.2, 0.25) is 5.91 Å². The van der Waals surface area contributed by atoms with Gasteiger partial charge in [-0.05, 0) is 36.1 Å². The van der Waals surface area contributed by atoms with Crippen molar-refractivity contribution < 1.29 is 14.3 Å². The molecule has 2 aliphatic heterocycles. The number of hydrogen-bond acceptors (Lipinski definition) is 3. The molecule has 0 aromatic heterocycles. The molecule has 2 heterocycles. The number of hydrogen-bond donors (Lipinski definition) is 1. The lowest BCUT2D eigenvalue weighted by Gasteiger charge is -2.39. The minimum absolute atomic E-state index is 0.0402. The molecule has 0 bridgehead atoms. The lowest BCUT2D eigenvalue weighted by atomic mass is 9.74. The molecule has 6 heteroatoms.